The molecule has 0 spiro atoms. The molecule has 9 nitrogen and oxygen atoms in total. The minimum atomic E-state index is -3.76. The Morgan fingerprint density at radius 1 is 1.00 bits per heavy atom. The number of carbonyl (C=O) groups excluding carboxylic acids is 1. The summed E-state index contributed by atoms with van der Waals surface area (Å²) < 4.78 is 35.3. The molecule has 3 aromatic heterocycles. The molecule has 1 N–H and O–H groups in total. The van der Waals surface area contributed by atoms with Crippen LogP contribution in [0.1, 0.15) is 16.2 Å². The largest absolute Gasteiger partial charge is 0.378 e. The second-order valence-corrected chi connectivity index (χ2v) is 9.65. The van der Waals surface area contributed by atoms with Crippen molar-refractivity contribution in [2.75, 3.05) is 31.0 Å². The summed E-state index contributed by atoms with van der Waals surface area (Å²) in [7, 11) is -3.76. The second-order valence-electron chi connectivity index (χ2n) is 7.97. The molecule has 174 valence electrons. The van der Waals surface area contributed by atoms with Crippen LogP contribution in [0.25, 0.3) is 16.8 Å². The van der Waals surface area contributed by atoms with Gasteiger partial charge in [0.1, 0.15) is 11.3 Å². The van der Waals surface area contributed by atoms with Gasteiger partial charge < -0.3 is 9.64 Å². The smallest absolute Gasteiger partial charge is 0.272 e. The van der Waals surface area contributed by atoms with E-state index in [1.165, 1.54) is 12.1 Å². The lowest BCUT2D eigenvalue weighted by molar-refractivity contribution is 0.0298. The third-order valence-corrected chi connectivity index (χ3v) is 7.12. The Morgan fingerprint density at radius 2 is 1.76 bits per heavy atom. The van der Waals surface area contributed by atoms with Crippen molar-refractivity contribution in [1.29, 1.82) is 0 Å². The first kappa shape index (κ1) is 22.1. The number of benzene rings is 1. The number of sulfonamides is 1. The Morgan fingerprint density at radius 3 is 2.53 bits per heavy atom. The summed E-state index contributed by atoms with van der Waals surface area (Å²) >= 11 is 0. The highest BCUT2D eigenvalue weighted by Gasteiger charge is 2.22. The third-order valence-electron chi connectivity index (χ3n) is 5.74. The molecule has 1 saturated heterocycles. The molecular formula is C24H23N5O4S. The van der Waals surface area contributed by atoms with Crippen molar-refractivity contribution in [1.82, 2.24) is 19.3 Å². The number of rotatable bonds is 5. The van der Waals surface area contributed by atoms with Crippen LogP contribution in [-0.4, -0.2) is 59.9 Å². The lowest BCUT2D eigenvalue weighted by atomic mass is 10.1. The summed E-state index contributed by atoms with van der Waals surface area (Å²) in [6, 6.07) is 13.6. The molecule has 0 atom stereocenters. The van der Waals surface area contributed by atoms with Gasteiger partial charge in [0, 0.05) is 36.6 Å². The van der Waals surface area contributed by atoms with Crippen LogP contribution in [0, 0.1) is 6.92 Å². The summed E-state index contributed by atoms with van der Waals surface area (Å²) in [6.07, 6.45) is 5.07. The number of anilines is 1. The van der Waals surface area contributed by atoms with Crippen LogP contribution < -0.4 is 4.72 Å². The SMILES string of the molecule is Cc1ncc(-c2ccc3ncc(C(=O)N4CCOCC4)n3c2)cc1NS(=O)(=O)c1ccccc1. The number of fused-ring (bicyclic) bond motifs is 1. The van der Waals surface area contributed by atoms with Crippen molar-refractivity contribution in [2.45, 2.75) is 11.8 Å². The monoisotopic (exact) mass is 477 g/mol. The number of ether oxygens (including phenoxy) is 1. The molecule has 1 aliphatic heterocycles. The van der Waals surface area contributed by atoms with E-state index >= 15 is 0 Å². The Balaban J connectivity index is 1.48. The summed E-state index contributed by atoms with van der Waals surface area (Å²) in [4.78, 5) is 23.7. The zero-order valence-corrected chi connectivity index (χ0v) is 19.3. The fourth-order valence-corrected chi connectivity index (χ4v) is 4.97. The van der Waals surface area contributed by atoms with Crippen molar-refractivity contribution in [3.8, 4) is 11.1 Å². The molecule has 1 aliphatic rings. The molecule has 0 aliphatic carbocycles. The molecule has 1 fully saturated rings. The zero-order valence-electron chi connectivity index (χ0n) is 18.5. The fraction of sp³-hybridized carbons (Fsp3) is 0.208. The van der Waals surface area contributed by atoms with E-state index in [-0.39, 0.29) is 10.8 Å². The number of aryl methyl sites for hydroxylation is 1. The molecule has 10 heteroatoms. The van der Waals surface area contributed by atoms with E-state index < -0.39 is 10.0 Å². The molecule has 4 aromatic rings. The number of nitrogens with one attached hydrogen (secondary N) is 1. The minimum absolute atomic E-state index is 0.105. The maximum absolute atomic E-state index is 13.0. The molecular weight excluding hydrogens is 454 g/mol. The predicted molar refractivity (Wildman–Crippen MR) is 127 cm³/mol. The summed E-state index contributed by atoms with van der Waals surface area (Å²) in [6.45, 7) is 3.86. The number of aromatic nitrogens is 3. The Labute approximate surface area is 197 Å². The van der Waals surface area contributed by atoms with Crippen LogP contribution in [0.15, 0.2) is 72.0 Å². The van der Waals surface area contributed by atoms with E-state index in [0.717, 1.165) is 5.56 Å². The third kappa shape index (κ3) is 4.25. The predicted octanol–water partition coefficient (Wildman–Crippen LogP) is 2.98. The van der Waals surface area contributed by atoms with Crippen LogP contribution in [0.5, 0.6) is 0 Å². The van der Waals surface area contributed by atoms with Gasteiger partial charge in [-0.3, -0.25) is 18.9 Å². The van der Waals surface area contributed by atoms with E-state index in [2.05, 4.69) is 14.7 Å². The Hall–Kier alpha value is -3.76. The highest BCUT2D eigenvalue weighted by atomic mass is 32.2. The van der Waals surface area contributed by atoms with E-state index in [1.807, 2.05) is 18.3 Å². The number of carbonyl (C=O) groups is 1. The van der Waals surface area contributed by atoms with Gasteiger partial charge in [0.25, 0.3) is 15.9 Å². The topological polar surface area (TPSA) is 106 Å². The van der Waals surface area contributed by atoms with Gasteiger partial charge in [-0.1, -0.05) is 18.2 Å². The van der Waals surface area contributed by atoms with Gasteiger partial charge in [-0.2, -0.15) is 0 Å². The van der Waals surface area contributed by atoms with Crippen molar-refractivity contribution in [3.63, 3.8) is 0 Å². The van der Waals surface area contributed by atoms with Crippen molar-refractivity contribution < 1.29 is 17.9 Å². The van der Waals surface area contributed by atoms with Crippen LogP contribution in [0.3, 0.4) is 0 Å². The molecule has 0 unspecified atom stereocenters. The molecule has 1 amide bonds. The van der Waals surface area contributed by atoms with E-state index in [1.54, 1.807) is 52.9 Å². The second kappa shape index (κ2) is 8.88. The lowest BCUT2D eigenvalue weighted by Gasteiger charge is -2.26. The number of pyridine rings is 2. The number of hydrogen-bond acceptors (Lipinski definition) is 6. The van der Waals surface area contributed by atoms with Gasteiger partial charge in [0.2, 0.25) is 0 Å². The summed E-state index contributed by atoms with van der Waals surface area (Å²) in [5.41, 5.74) is 3.52. The fourth-order valence-electron chi connectivity index (χ4n) is 3.84. The number of imidazole rings is 1. The first-order chi connectivity index (χ1) is 16.4. The van der Waals surface area contributed by atoms with Crippen molar-refractivity contribution in [2.24, 2.45) is 0 Å². The Bertz CT molecular complexity index is 1460. The standard InChI is InChI=1S/C24H23N5O4S/c1-17-21(27-34(31,32)20-5-3-2-4-6-20)13-19(14-25-17)18-7-8-23-26-15-22(29(23)16-18)24(30)28-9-11-33-12-10-28/h2-8,13-16,27H,9-12H2,1H3. The van der Waals surface area contributed by atoms with Crippen molar-refractivity contribution >= 4 is 27.3 Å². The molecule has 5 rings (SSSR count). The zero-order chi connectivity index (χ0) is 23.7. The normalized spacial score (nSPS) is 14.3. The highest BCUT2D eigenvalue weighted by Crippen LogP contribution is 2.26. The van der Waals surface area contributed by atoms with Crippen LogP contribution in [0.2, 0.25) is 0 Å². The van der Waals surface area contributed by atoms with Gasteiger partial charge in [0.05, 0.1) is 35.7 Å². The molecule has 34 heavy (non-hydrogen) atoms. The number of nitrogens with zero attached hydrogens (tertiary/aromatic N) is 4. The Kier molecular flexibility index (Phi) is 5.76. The number of hydrogen-bond donors (Lipinski definition) is 1. The molecule has 1 aromatic carbocycles. The number of morpholine rings is 1. The van der Waals surface area contributed by atoms with Gasteiger partial charge in [-0.05, 0) is 37.3 Å². The highest BCUT2D eigenvalue weighted by molar-refractivity contribution is 7.92. The lowest BCUT2D eigenvalue weighted by Crippen LogP contribution is -2.41. The molecule has 0 bridgehead atoms. The van der Waals surface area contributed by atoms with E-state index in [0.29, 0.717) is 54.6 Å². The van der Waals surface area contributed by atoms with Crippen LogP contribution >= 0.6 is 0 Å². The molecule has 4 heterocycles. The number of amides is 1. The average molecular weight is 478 g/mol. The van der Waals surface area contributed by atoms with Gasteiger partial charge in [-0.25, -0.2) is 13.4 Å². The quantitative estimate of drug-likeness (QED) is 0.474. The van der Waals surface area contributed by atoms with E-state index in [9.17, 15) is 13.2 Å². The maximum Gasteiger partial charge on any atom is 0.272 e. The first-order valence-electron chi connectivity index (χ1n) is 10.8. The van der Waals surface area contributed by atoms with Gasteiger partial charge >= 0.3 is 0 Å². The van der Waals surface area contributed by atoms with Crippen LogP contribution in [0.4, 0.5) is 5.69 Å². The van der Waals surface area contributed by atoms with E-state index in [4.69, 9.17) is 4.74 Å². The molecule has 0 saturated carbocycles. The minimum Gasteiger partial charge on any atom is -0.378 e. The van der Waals surface area contributed by atoms with Crippen molar-refractivity contribution in [3.05, 3.63) is 78.5 Å². The molecule has 0 radical (unpaired) electrons. The van der Waals surface area contributed by atoms with Gasteiger partial charge in [0.15, 0.2) is 0 Å². The van der Waals surface area contributed by atoms with Crippen LogP contribution in [-0.2, 0) is 14.8 Å². The average Bonchev–Trinajstić information content (AvgIpc) is 3.29. The summed E-state index contributed by atoms with van der Waals surface area (Å²) in [5.74, 6) is -0.105. The summed E-state index contributed by atoms with van der Waals surface area (Å²) in [5, 5.41) is 0. The first-order valence-corrected chi connectivity index (χ1v) is 12.3. The van der Waals surface area contributed by atoms with Gasteiger partial charge in [-0.15, -0.1) is 0 Å². The maximum atomic E-state index is 13.0.